The first-order chi connectivity index (χ1) is 9.45. The Morgan fingerprint density at radius 3 is 2.30 bits per heavy atom. The molecule has 0 fully saturated rings. The highest BCUT2D eigenvalue weighted by molar-refractivity contribution is 5.94. The molecule has 0 bridgehead atoms. The molecule has 0 spiro atoms. The van der Waals surface area contributed by atoms with Gasteiger partial charge in [0.1, 0.15) is 17.3 Å². The number of unbranched alkanes of at least 4 members (excludes halogenated alkanes) is 1. The lowest BCUT2D eigenvalue weighted by Gasteiger charge is -2.08. The predicted molar refractivity (Wildman–Crippen MR) is 71.3 cm³/mol. The first kappa shape index (κ1) is 15.9. The molecule has 0 aromatic heterocycles. The van der Waals surface area contributed by atoms with E-state index in [1.165, 1.54) is 7.05 Å². The lowest BCUT2D eigenvalue weighted by Crippen LogP contribution is -2.25. The molecule has 20 heavy (non-hydrogen) atoms. The van der Waals surface area contributed by atoms with Gasteiger partial charge in [-0.05, 0) is 25.0 Å². The van der Waals surface area contributed by atoms with Crippen LogP contribution in [0, 0.1) is 11.6 Å². The number of carbonyl (C=O) groups is 2. The van der Waals surface area contributed by atoms with E-state index in [0.717, 1.165) is 12.1 Å². The van der Waals surface area contributed by atoms with Gasteiger partial charge in [-0.2, -0.15) is 0 Å². The fourth-order valence-electron chi connectivity index (χ4n) is 1.67. The molecule has 0 atom stereocenters. The molecule has 110 valence electrons. The summed E-state index contributed by atoms with van der Waals surface area (Å²) in [7, 11) is 1.39. The summed E-state index contributed by atoms with van der Waals surface area (Å²) in [6.45, 7) is 0.309. The average Bonchev–Trinajstić information content (AvgIpc) is 2.37. The van der Waals surface area contributed by atoms with Crippen molar-refractivity contribution in [2.45, 2.75) is 19.3 Å². The number of nitrogens with one attached hydrogen (secondary N) is 2. The topological polar surface area (TPSA) is 84.2 Å². The Morgan fingerprint density at radius 2 is 1.80 bits per heavy atom. The van der Waals surface area contributed by atoms with Crippen LogP contribution in [0.15, 0.2) is 12.1 Å². The normalized spacial score (nSPS) is 10.2. The van der Waals surface area contributed by atoms with E-state index in [0.29, 0.717) is 19.4 Å². The van der Waals surface area contributed by atoms with E-state index in [9.17, 15) is 18.4 Å². The second kappa shape index (κ2) is 7.42. The van der Waals surface area contributed by atoms with E-state index >= 15 is 0 Å². The van der Waals surface area contributed by atoms with Crippen LogP contribution in [0.2, 0.25) is 0 Å². The maximum Gasteiger partial charge on any atom is 0.251 e. The van der Waals surface area contributed by atoms with Crippen molar-refractivity contribution in [1.82, 2.24) is 5.32 Å². The van der Waals surface area contributed by atoms with Crippen LogP contribution in [0.3, 0.4) is 0 Å². The summed E-state index contributed by atoms with van der Waals surface area (Å²) in [6, 6.07) is 1.93. The number of carbonyl (C=O) groups excluding carboxylic acids is 2. The number of anilines is 1. The van der Waals surface area contributed by atoms with Gasteiger partial charge < -0.3 is 16.4 Å². The molecule has 0 saturated heterocycles. The monoisotopic (exact) mass is 285 g/mol. The number of hydrogen-bond donors (Lipinski definition) is 3. The first-order valence-corrected chi connectivity index (χ1v) is 6.19. The van der Waals surface area contributed by atoms with Gasteiger partial charge >= 0.3 is 0 Å². The van der Waals surface area contributed by atoms with Crippen molar-refractivity contribution in [1.29, 1.82) is 0 Å². The molecule has 0 aliphatic rings. The highest BCUT2D eigenvalue weighted by Crippen LogP contribution is 2.20. The van der Waals surface area contributed by atoms with Crippen molar-refractivity contribution in [3.8, 4) is 0 Å². The summed E-state index contributed by atoms with van der Waals surface area (Å²) in [6.07, 6.45) is 1.36. The van der Waals surface area contributed by atoms with E-state index in [1.807, 2.05) is 0 Å². The van der Waals surface area contributed by atoms with Crippen molar-refractivity contribution in [2.75, 3.05) is 18.9 Å². The van der Waals surface area contributed by atoms with Gasteiger partial charge in [-0.25, -0.2) is 8.78 Å². The largest absolute Gasteiger partial charge is 0.383 e. The maximum atomic E-state index is 13.5. The summed E-state index contributed by atoms with van der Waals surface area (Å²) in [4.78, 5) is 22.2. The molecule has 7 heteroatoms. The second-order valence-electron chi connectivity index (χ2n) is 4.24. The second-order valence-corrected chi connectivity index (χ2v) is 4.24. The van der Waals surface area contributed by atoms with Gasteiger partial charge in [0.25, 0.3) is 5.91 Å². The third-order valence-electron chi connectivity index (χ3n) is 2.69. The Hall–Kier alpha value is -2.18. The lowest BCUT2D eigenvalue weighted by atomic mass is 10.1. The molecule has 0 unspecified atom stereocenters. The van der Waals surface area contributed by atoms with Crippen LogP contribution in [0.1, 0.15) is 29.6 Å². The molecule has 1 rings (SSSR count). The van der Waals surface area contributed by atoms with Crippen LogP contribution in [0.25, 0.3) is 0 Å². The van der Waals surface area contributed by atoms with Crippen LogP contribution in [-0.2, 0) is 4.79 Å². The Balaban J connectivity index is 2.54. The molecule has 1 aromatic carbocycles. The highest BCUT2D eigenvalue weighted by atomic mass is 19.1. The minimum Gasteiger partial charge on any atom is -0.383 e. The fourth-order valence-corrected chi connectivity index (χ4v) is 1.67. The first-order valence-electron chi connectivity index (χ1n) is 6.19. The van der Waals surface area contributed by atoms with Crippen LogP contribution in [0.5, 0.6) is 0 Å². The maximum absolute atomic E-state index is 13.5. The van der Waals surface area contributed by atoms with Crippen LogP contribution >= 0.6 is 0 Å². The number of benzene rings is 1. The number of nitrogens with two attached hydrogens (primary N) is 1. The van der Waals surface area contributed by atoms with Gasteiger partial charge in [0, 0.05) is 25.6 Å². The standard InChI is InChI=1S/C13H17F2N3O2/c1-17-12-9(14)6-8(7-10(12)15)13(20)18-5-3-2-4-11(16)19/h6-7,17H,2-5H2,1H3,(H2,16,19)(H,18,20). The van der Waals surface area contributed by atoms with Gasteiger partial charge in [-0.3, -0.25) is 9.59 Å². The van der Waals surface area contributed by atoms with Gasteiger partial charge in [0.2, 0.25) is 5.91 Å². The summed E-state index contributed by atoms with van der Waals surface area (Å²) in [5.41, 5.74) is 4.61. The van der Waals surface area contributed by atoms with Crippen molar-refractivity contribution < 1.29 is 18.4 Å². The van der Waals surface area contributed by atoms with Crippen LogP contribution < -0.4 is 16.4 Å². The van der Waals surface area contributed by atoms with Gasteiger partial charge in [-0.15, -0.1) is 0 Å². The number of rotatable bonds is 7. The molecule has 2 amide bonds. The molecule has 0 heterocycles. The average molecular weight is 285 g/mol. The zero-order chi connectivity index (χ0) is 15.1. The molecule has 4 N–H and O–H groups in total. The lowest BCUT2D eigenvalue weighted by molar-refractivity contribution is -0.118. The van der Waals surface area contributed by atoms with Gasteiger partial charge in [0.15, 0.2) is 0 Å². The third kappa shape index (κ3) is 4.49. The van der Waals surface area contributed by atoms with Gasteiger partial charge in [0.05, 0.1) is 0 Å². The number of hydrogen-bond acceptors (Lipinski definition) is 3. The number of primary amides is 1. The van der Waals surface area contributed by atoms with Crippen molar-refractivity contribution in [3.05, 3.63) is 29.3 Å². The van der Waals surface area contributed by atoms with E-state index in [-0.39, 0.29) is 17.7 Å². The third-order valence-corrected chi connectivity index (χ3v) is 2.69. The minimum absolute atomic E-state index is 0.0890. The molecular formula is C13H17F2N3O2. The molecule has 0 aliphatic carbocycles. The van der Waals surface area contributed by atoms with E-state index < -0.39 is 23.4 Å². The van der Waals surface area contributed by atoms with Crippen LogP contribution in [-0.4, -0.2) is 25.4 Å². The number of halogens is 2. The quantitative estimate of drug-likeness (QED) is 0.662. The van der Waals surface area contributed by atoms with Gasteiger partial charge in [-0.1, -0.05) is 0 Å². The van der Waals surface area contributed by atoms with E-state index in [1.54, 1.807) is 0 Å². The minimum atomic E-state index is -0.827. The zero-order valence-electron chi connectivity index (χ0n) is 11.1. The summed E-state index contributed by atoms with van der Waals surface area (Å²) in [5, 5.41) is 4.89. The van der Waals surface area contributed by atoms with Crippen molar-refractivity contribution >= 4 is 17.5 Å². The predicted octanol–water partition coefficient (Wildman–Crippen LogP) is 1.39. The SMILES string of the molecule is CNc1c(F)cc(C(=O)NCCCCC(N)=O)cc1F. The van der Waals surface area contributed by atoms with Crippen molar-refractivity contribution in [2.24, 2.45) is 5.73 Å². The molecule has 0 aliphatic heterocycles. The van der Waals surface area contributed by atoms with Crippen LogP contribution in [0.4, 0.5) is 14.5 Å². The summed E-state index contributed by atoms with van der Waals surface area (Å²) in [5.74, 6) is -2.62. The molecule has 0 radical (unpaired) electrons. The summed E-state index contributed by atoms with van der Waals surface area (Å²) < 4.78 is 26.9. The molecule has 0 saturated carbocycles. The van der Waals surface area contributed by atoms with Crippen molar-refractivity contribution in [3.63, 3.8) is 0 Å². The highest BCUT2D eigenvalue weighted by Gasteiger charge is 2.13. The Bertz CT molecular complexity index is 483. The zero-order valence-corrected chi connectivity index (χ0v) is 11.1. The molecule has 1 aromatic rings. The Morgan fingerprint density at radius 1 is 1.20 bits per heavy atom. The smallest absolute Gasteiger partial charge is 0.251 e. The summed E-state index contributed by atoms with van der Waals surface area (Å²) >= 11 is 0. The fraction of sp³-hybridized carbons (Fsp3) is 0.385. The molecular weight excluding hydrogens is 268 g/mol. The van der Waals surface area contributed by atoms with E-state index in [2.05, 4.69) is 10.6 Å². The Labute approximate surface area is 115 Å². The van der Waals surface area contributed by atoms with E-state index in [4.69, 9.17) is 5.73 Å². The molecule has 5 nitrogen and oxygen atoms in total. The Kier molecular flexibility index (Phi) is 5.89. The number of amides is 2.